The highest BCUT2D eigenvalue weighted by Crippen LogP contribution is 2.36. The van der Waals surface area contributed by atoms with Gasteiger partial charge in [-0.05, 0) is 17.7 Å². The van der Waals surface area contributed by atoms with E-state index in [1.54, 1.807) is 30.3 Å². The quantitative estimate of drug-likeness (QED) is 0.462. The maximum atomic E-state index is 12.7. The van der Waals surface area contributed by atoms with Crippen LogP contribution in [0.15, 0.2) is 53.5 Å². The fourth-order valence-corrected chi connectivity index (χ4v) is 4.05. The van der Waals surface area contributed by atoms with Crippen LogP contribution in [0.25, 0.3) is 10.3 Å². The number of hydrogen-bond acceptors (Lipinski definition) is 10. The van der Waals surface area contributed by atoms with E-state index in [0.717, 1.165) is 11.3 Å². The third-order valence-corrected chi connectivity index (χ3v) is 5.52. The monoisotopic (exact) mass is 442 g/mol. The zero-order valence-corrected chi connectivity index (χ0v) is 17.2. The molecule has 0 amide bonds. The summed E-state index contributed by atoms with van der Waals surface area (Å²) < 4.78 is 18.4. The Morgan fingerprint density at radius 3 is 2.77 bits per heavy atom. The van der Waals surface area contributed by atoms with E-state index >= 15 is 0 Å². The number of hydrogen-bond donors (Lipinski definition) is 1. The molecule has 1 fully saturated rings. The minimum Gasteiger partial charge on any atom is -0.459 e. The van der Waals surface area contributed by atoms with Gasteiger partial charge >= 0.3 is 16.8 Å². The molecular formula is C20H18N4O6S. The predicted molar refractivity (Wildman–Crippen MR) is 111 cm³/mol. The van der Waals surface area contributed by atoms with Gasteiger partial charge in [0, 0.05) is 6.92 Å². The average molecular weight is 442 g/mol. The molecule has 2 N–H and O–H groups in total. The fraction of sp³-hybridized carbons (Fsp3) is 0.250. The molecule has 0 saturated carbocycles. The van der Waals surface area contributed by atoms with Gasteiger partial charge in [0.2, 0.25) is 5.95 Å². The lowest BCUT2D eigenvalue weighted by Gasteiger charge is -2.19. The lowest BCUT2D eigenvalue weighted by atomic mass is 10.1. The van der Waals surface area contributed by atoms with Crippen molar-refractivity contribution >= 4 is 39.6 Å². The molecule has 1 saturated heterocycles. The van der Waals surface area contributed by atoms with E-state index in [1.807, 2.05) is 0 Å². The smallest absolute Gasteiger partial charge is 0.338 e. The third kappa shape index (κ3) is 4.05. The molecule has 0 aliphatic carbocycles. The van der Waals surface area contributed by atoms with Crippen molar-refractivity contribution in [3.63, 3.8) is 0 Å². The number of fused-ring (bicyclic) bond motifs is 1. The number of carbonyl (C=O) groups excluding carboxylic acids is 2. The van der Waals surface area contributed by atoms with Crippen LogP contribution in [0.1, 0.15) is 23.5 Å². The van der Waals surface area contributed by atoms with Crippen LogP contribution in [0.2, 0.25) is 0 Å². The number of benzene rings is 1. The van der Waals surface area contributed by atoms with Crippen molar-refractivity contribution in [2.45, 2.75) is 25.4 Å². The zero-order valence-electron chi connectivity index (χ0n) is 16.4. The average Bonchev–Trinajstić information content (AvgIpc) is 3.22. The number of rotatable bonds is 5. The van der Waals surface area contributed by atoms with E-state index < -0.39 is 35.2 Å². The van der Waals surface area contributed by atoms with Gasteiger partial charge in [0.15, 0.2) is 18.0 Å². The molecule has 10 nitrogen and oxygen atoms in total. The van der Waals surface area contributed by atoms with E-state index in [4.69, 9.17) is 19.9 Å². The number of aromatic nitrogens is 3. The third-order valence-electron chi connectivity index (χ3n) is 4.64. The maximum absolute atomic E-state index is 12.7. The molecule has 3 heterocycles. The largest absolute Gasteiger partial charge is 0.459 e. The zero-order chi connectivity index (χ0) is 22.1. The highest BCUT2D eigenvalue weighted by molar-refractivity contribution is 7.16. The first-order valence-corrected chi connectivity index (χ1v) is 10.0. The van der Waals surface area contributed by atoms with E-state index in [9.17, 15) is 14.4 Å². The van der Waals surface area contributed by atoms with E-state index in [-0.39, 0.29) is 18.2 Å². The van der Waals surface area contributed by atoms with E-state index in [0.29, 0.717) is 15.8 Å². The summed E-state index contributed by atoms with van der Waals surface area (Å²) in [5, 5.41) is 0. The molecular weight excluding hydrogens is 424 g/mol. The topological polar surface area (TPSA) is 136 Å². The molecule has 3 aromatic rings. The number of carbonyl (C=O) groups is 2. The summed E-state index contributed by atoms with van der Waals surface area (Å²) in [4.78, 5) is 44.2. The highest BCUT2D eigenvalue weighted by Gasteiger charge is 2.44. The van der Waals surface area contributed by atoms with Gasteiger partial charge in [-0.1, -0.05) is 36.1 Å². The van der Waals surface area contributed by atoms with Gasteiger partial charge in [-0.15, -0.1) is 0 Å². The molecule has 0 unspecified atom stereocenters. The summed E-state index contributed by atoms with van der Waals surface area (Å²) >= 11 is 0.905. The maximum Gasteiger partial charge on any atom is 0.338 e. The first kappa shape index (κ1) is 20.7. The Labute approximate surface area is 179 Å². The molecule has 11 heteroatoms. The molecule has 0 spiro atoms. The van der Waals surface area contributed by atoms with Crippen LogP contribution in [0.3, 0.4) is 0 Å². The molecule has 0 radical (unpaired) electrons. The molecule has 4 rings (SSSR count). The standard InChI is InChI=1S/C20H18N4O6S/c1-10-13(9-28-18(26)12-6-4-3-5-7-12)30-17(15(10)29-11(2)25)24-16-14(31-20(24)27)8-22-19(21)23-16/h3-8,13,15,17H,1,9H2,2H3,(H2,21,22,23)/t13-,15-,17-/m1/s1. The lowest BCUT2D eigenvalue weighted by Crippen LogP contribution is -2.30. The van der Waals surface area contributed by atoms with Crippen LogP contribution in [-0.2, 0) is 19.0 Å². The molecule has 3 atom stereocenters. The molecule has 160 valence electrons. The van der Waals surface area contributed by atoms with Gasteiger partial charge in [-0.2, -0.15) is 4.98 Å². The first-order chi connectivity index (χ1) is 14.8. The first-order valence-electron chi connectivity index (χ1n) is 9.22. The second kappa shape index (κ2) is 8.28. The van der Waals surface area contributed by atoms with Crippen molar-refractivity contribution in [2.75, 3.05) is 12.3 Å². The number of nitrogens with two attached hydrogens (primary N) is 1. The fourth-order valence-electron chi connectivity index (χ4n) is 3.23. The Hall–Kier alpha value is -3.57. The van der Waals surface area contributed by atoms with Gasteiger partial charge in [0.1, 0.15) is 12.7 Å². The van der Waals surface area contributed by atoms with Gasteiger partial charge in [0.05, 0.1) is 16.5 Å². The second-order valence-electron chi connectivity index (χ2n) is 6.74. The van der Waals surface area contributed by atoms with Crippen LogP contribution >= 0.6 is 11.3 Å². The normalized spacial score (nSPS) is 20.7. The Balaban J connectivity index is 1.62. The Morgan fingerprint density at radius 1 is 1.32 bits per heavy atom. The number of nitrogen functional groups attached to an aromatic ring is 1. The van der Waals surface area contributed by atoms with Crippen LogP contribution in [0, 0.1) is 0 Å². The lowest BCUT2D eigenvalue weighted by molar-refractivity contribution is -0.151. The molecule has 1 aromatic carbocycles. The van der Waals surface area contributed by atoms with Crippen molar-refractivity contribution in [1.29, 1.82) is 0 Å². The van der Waals surface area contributed by atoms with Crippen molar-refractivity contribution in [2.24, 2.45) is 0 Å². The van der Waals surface area contributed by atoms with Gasteiger partial charge in [-0.3, -0.25) is 14.2 Å². The number of thiazole rings is 1. The second-order valence-corrected chi connectivity index (χ2v) is 7.73. The van der Waals surface area contributed by atoms with Crippen molar-refractivity contribution in [1.82, 2.24) is 14.5 Å². The number of ether oxygens (including phenoxy) is 3. The van der Waals surface area contributed by atoms with Gasteiger partial charge < -0.3 is 19.9 Å². The van der Waals surface area contributed by atoms with Gasteiger partial charge in [-0.25, -0.2) is 9.78 Å². The Bertz CT molecular complexity index is 1220. The van der Waals surface area contributed by atoms with Crippen LogP contribution < -0.4 is 10.6 Å². The van der Waals surface area contributed by atoms with Crippen molar-refractivity contribution < 1.29 is 23.8 Å². The molecule has 1 aliphatic heterocycles. The minimum absolute atomic E-state index is 0.0201. The molecule has 31 heavy (non-hydrogen) atoms. The van der Waals surface area contributed by atoms with Crippen molar-refractivity contribution in [3.8, 4) is 0 Å². The number of nitrogens with zero attached hydrogens (tertiary/aromatic N) is 3. The summed E-state index contributed by atoms with van der Waals surface area (Å²) in [5.74, 6) is -1.14. The van der Waals surface area contributed by atoms with E-state index in [2.05, 4.69) is 16.5 Å². The minimum atomic E-state index is -1.05. The molecule has 0 bridgehead atoms. The summed E-state index contributed by atoms with van der Waals surface area (Å²) in [6, 6.07) is 8.47. The van der Waals surface area contributed by atoms with Crippen LogP contribution in [-0.4, -0.2) is 45.3 Å². The molecule has 1 aliphatic rings. The van der Waals surface area contributed by atoms with Crippen molar-refractivity contribution in [3.05, 3.63) is 63.9 Å². The summed E-state index contributed by atoms with van der Waals surface area (Å²) in [7, 11) is 0. The SMILES string of the molecule is C=C1[C@@H](OC(C)=O)[C@H](n2c(=O)sc3cnc(N)nc32)O[C@@H]1COC(=O)c1ccccc1. The Kier molecular flexibility index (Phi) is 5.53. The summed E-state index contributed by atoms with van der Waals surface area (Å²) in [5.41, 5.74) is 6.66. The summed E-state index contributed by atoms with van der Waals surface area (Å²) in [6.45, 7) is 5.01. The van der Waals surface area contributed by atoms with Crippen LogP contribution in [0.4, 0.5) is 5.95 Å². The summed E-state index contributed by atoms with van der Waals surface area (Å²) in [6.07, 6.45) is -1.40. The highest BCUT2D eigenvalue weighted by atomic mass is 32.1. The predicted octanol–water partition coefficient (Wildman–Crippen LogP) is 1.68. The molecule has 2 aromatic heterocycles. The Morgan fingerprint density at radius 2 is 2.06 bits per heavy atom. The number of anilines is 1. The van der Waals surface area contributed by atoms with E-state index in [1.165, 1.54) is 17.7 Å². The van der Waals surface area contributed by atoms with Gasteiger partial charge in [0.25, 0.3) is 0 Å². The van der Waals surface area contributed by atoms with Crippen LogP contribution in [0.5, 0.6) is 0 Å². The number of esters is 2.